The van der Waals surface area contributed by atoms with Crippen LogP contribution in [0, 0.1) is 0 Å². The number of piperidine rings is 1. The third-order valence-corrected chi connectivity index (χ3v) is 3.79. The van der Waals surface area contributed by atoms with Crippen LogP contribution in [0.15, 0.2) is 18.2 Å². The van der Waals surface area contributed by atoms with Crippen LogP contribution in [-0.2, 0) is 4.79 Å². The number of benzene rings is 1. The van der Waals surface area contributed by atoms with Crippen LogP contribution in [0.2, 0.25) is 0 Å². The molecule has 0 spiro atoms. The number of ketones is 1. The zero-order valence-electron chi connectivity index (χ0n) is 11.2. The van der Waals surface area contributed by atoms with Crippen LogP contribution in [0.5, 0.6) is 11.5 Å². The molecule has 1 saturated heterocycles. The molecule has 1 fully saturated rings. The number of rotatable bonds is 1. The lowest BCUT2D eigenvalue weighted by Gasteiger charge is -2.28. The van der Waals surface area contributed by atoms with Crippen molar-refractivity contribution in [2.75, 3.05) is 33.4 Å². The number of carbonyl (C=O) groups is 1. The SMILES string of the molecule is CN1CCC(c2ccc3c(c2)OCCCO3)C(=O)C1. The molecule has 1 aromatic rings. The van der Waals surface area contributed by atoms with Gasteiger partial charge in [0.15, 0.2) is 17.3 Å². The second kappa shape index (κ2) is 5.21. The lowest BCUT2D eigenvalue weighted by molar-refractivity contribution is -0.123. The van der Waals surface area contributed by atoms with Gasteiger partial charge in [0.1, 0.15) is 0 Å². The first-order valence-corrected chi connectivity index (χ1v) is 6.85. The second-order valence-corrected chi connectivity index (χ2v) is 5.30. The largest absolute Gasteiger partial charge is 0.490 e. The first-order chi connectivity index (χ1) is 9.24. The Bertz CT molecular complexity index is 486. The number of Topliss-reactive ketones (excluding diaryl/α,β-unsaturated/α-hetero) is 1. The normalized spacial score (nSPS) is 24.1. The van der Waals surface area contributed by atoms with Crippen LogP contribution in [0.4, 0.5) is 0 Å². The van der Waals surface area contributed by atoms with Gasteiger partial charge in [0.05, 0.1) is 19.8 Å². The molecule has 102 valence electrons. The van der Waals surface area contributed by atoms with Crippen LogP contribution < -0.4 is 9.47 Å². The number of carbonyl (C=O) groups excluding carboxylic acids is 1. The molecular formula is C15H19NO3. The quantitative estimate of drug-likeness (QED) is 0.773. The fourth-order valence-corrected chi connectivity index (χ4v) is 2.71. The maximum Gasteiger partial charge on any atom is 0.161 e. The van der Waals surface area contributed by atoms with Crippen molar-refractivity contribution in [1.82, 2.24) is 4.90 Å². The van der Waals surface area contributed by atoms with Crippen molar-refractivity contribution in [2.24, 2.45) is 0 Å². The van der Waals surface area contributed by atoms with Crippen LogP contribution in [0.3, 0.4) is 0 Å². The third-order valence-electron chi connectivity index (χ3n) is 3.79. The fraction of sp³-hybridized carbons (Fsp3) is 0.533. The number of likely N-dealkylation sites (N-methyl/N-ethyl adjacent to an activating group) is 1. The topological polar surface area (TPSA) is 38.8 Å². The summed E-state index contributed by atoms with van der Waals surface area (Å²) in [6, 6.07) is 5.91. The number of ether oxygens (including phenoxy) is 2. The highest BCUT2D eigenvalue weighted by Crippen LogP contribution is 2.34. The molecule has 0 radical (unpaired) electrons. The summed E-state index contributed by atoms with van der Waals surface area (Å²) >= 11 is 0. The first kappa shape index (κ1) is 12.5. The van der Waals surface area contributed by atoms with E-state index in [-0.39, 0.29) is 5.92 Å². The molecule has 0 aromatic heterocycles. The van der Waals surface area contributed by atoms with Gasteiger partial charge in [0, 0.05) is 12.3 Å². The molecule has 0 N–H and O–H groups in total. The van der Waals surface area contributed by atoms with E-state index in [1.165, 1.54) is 0 Å². The standard InChI is InChI=1S/C15H19NO3/c1-16-6-5-12(13(17)10-16)11-3-4-14-15(9-11)19-8-2-7-18-14/h3-4,9,12H,2,5-8,10H2,1H3. The number of hydrogen-bond donors (Lipinski definition) is 0. The van der Waals surface area contributed by atoms with Gasteiger partial charge in [-0.1, -0.05) is 6.07 Å². The Labute approximate surface area is 113 Å². The predicted octanol–water partition coefficient (Wildman–Crippen LogP) is 1.84. The monoisotopic (exact) mass is 261 g/mol. The Kier molecular flexibility index (Phi) is 3.42. The molecule has 0 amide bonds. The van der Waals surface area contributed by atoms with Gasteiger partial charge >= 0.3 is 0 Å². The van der Waals surface area contributed by atoms with Crippen LogP contribution >= 0.6 is 0 Å². The van der Waals surface area contributed by atoms with Crippen molar-refractivity contribution in [3.05, 3.63) is 23.8 Å². The minimum atomic E-state index is 0.00773. The minimum absolute atomic E-state index is 0.00773. The Morgan fingerprint density at radius 2 is 2.00 bits per heavy atom. The van der Waals surface area contributed by atoms with Crippen molar-refractivity contribution in [3.63, 3.8) is 0 Å². The predicted molar refractivity (Wildman–Crippen MR) is 71.9 cm³/mol. The Balaban J connectivity index is 1.85. The highest BCUT2D eigenvalue weighted by molar-refractivity contribution is 5.88. The van der Waals surface area contributed by atoms with Crippen LogP contribution in [0.25, 0.3) is 0 Å². The molecule has 1 aromatic carbocycles. The van der Waals surface area contributed by atoms with E-state index in [0.29, 0.717) is 25.5 Å². The molecular weight excluding hydrogens is 242 g/mol. The highest BCUT2D eigenvalue weighted by Gasteiger charge is 2.27. The second-order valence-electron chi connectivity index (χ2n) is 5.30. The summed E-state index contributed by atoms with van der Waals surface area (Å²) in [5.74, 6) is 1.87. The summed E-state index contributed by atoms with van der Waals surface area (Å²) in [4.78, 5) is 14.2. The zero-order valence-corrected chi connectivity index (χ0v) is 11.2. The Hall–Kier alpha value is -1.55. The van der Waals surface area contributed by atoms with E-state index in [4.69, 9.17) is 9.47 Å². The Morgan fingerprint density at radius 1 is 1.21 bits per heavy atom. The summed E-state index contributed by atoms with van der Waals surface area (Å²) in [6.07, 6.45) is 1.78. The molecule has 19 heavy (non-hydrogen) atoms. The maximum atomic E-state index is 12.1. The molecule has 2 aliphatic heterocycles. The molecule has 3 rings (SSSR count). The molecule has 0 aliphatic carbocycles. The zero-order chi connectivity index (χ0) is 13.2. The molecule has 2 aliphatic rings. The van der Waals surface area contributed by atoms with Gasteiger partial charge in [-0.2, -0.15) is 0 Å². The smallest absolute Gasteiger partial charge is 0.161 e. The third kappa shape index (κ3) is 2.59. The molecule has 1 unspecified atom stereocenters. The van der Waals surface area contributed by atoms with Crippen molar-refractivity contribution < 1.29 is 14.3 Å². The van der Waals surface area contributed by atoms with Crippen molar-refractivity contribution >= 4 is 5.78 Å². The van der Waals surface area contributed by atoms with Crippen molar-refractivity contribution in [1.29, 1.82) is 0 Å². The van der Waals surface area contributed by atoms with E-state index in [0.717, 1.165) is 36.4 Å². The molecule has 0 saturated carbocycles. The number of nitrogens with zero attached hydrogens (tertiary/aromatic N) is 1. The Morgan fingerprint density at radius 3 is 2.79 bits per heavy atom. The first-order valence-electron chi connectivity index (χ1n) is 6.85. The van der Waals surface area contributed by atoms with Crippen LogP contribution in [0.1, 0.15) is 24.3 Å². The van der Waals surface area contributed by atoms with Gasteiger partial charge < -0.3 is 9.47 Å². The van der Waals surface area contributed by atoms with E-state index in [1.54, 1.807) is 0 Å². The summed E-state index contributed by atoms with van der Waals surface area (Å²) in [5.41, 5.74) is 1.06. The van der Waals surface area contributed by atoms with Gasteiger partial charge in [-0.05, 0) is 37.7 Å². The van der Waals surface area contributed by atoms with Crippen molar-refractivity contribution in [3.8, 4) is 11.5 Å². The summed E-state index contributed by atoms with van der Waals surface area (Å²) in [5, 5.41) is 0. The molecule has 2 heterocycles. The van der Waals surface area contributed by atoms with E-state index < -0.39 is 0 Å². The van der Waals surface area contributed by atoms with Crippen LogP contribution in [-0.4, -0.2) is 44.0 Å². The van der Waals surface area contributed by atoms with Gasteiger partial charge in [0.25, 0.3) is 0 Å². The molecule has 0 bridgehead atoms. The fourth-order valence-electron chi connectivity index (χ4n) is 2.71. The van der Waals surface area contributed by atoms with Gasteiger partial charge in [0.2, 0.25) is 0 Å². The van der Waals surface area contributed by atoms with E-state index in [2.05, 4.69) is 4.90 Å². The average Bonchev–Trinajstić information content (AvgIpc) is 2.63. The molecule has 1 atom stereocenters. The van der Waals surface area contributed by atoms with E-state index >= 15 is 0 Å². The van der Waals surface area contributed by atoms with Crippen molar-refractivity contribution in [2.45, 2.75) is 18.8 Å². The lowest BCUT2D eigenvalue weighted by Crippen LogP contribution is -2.37. The average molecular weight is 261 g/mol. The molecule has 4 heteroatoms. The van der Waals surface area contributed by atoms with Gasteiger partial charge in [-0.15, -0.1) is 0 Å². The lowest BCUT2D eigenvalue weighted by atomic mass is 9.88. The maximum absolute atomic E-state index is 12.1. The number of hydrogen-bond acceptors (Lipinski definition) is 4. The minimum Gasteiger partial charge on any atom is -0.490 e. The summed E-state index contributed by atoms with van der Waals surface area (Å²) in [7, 11) is 1.99. The summed E-state index contributed by atoms with van der Waals surface area (Å²) < 4.78 is 11.3. The van der Waals surface area contributed by atoms with Gasteiger partial charge in [-0.25, -0.2) is 0 Å². The van der Waals surface area contributed by atoms with E-state index in [9.17, 15) is 4.79 Å². The van der Waals surface area contributed by atoms with E-state index in [1.807, 2.05) is 25.2 Å². The highest BCUT2D eigenvalue weighted by atomic mass is 16.5. The number of likely N-dealkylation sites (tertiary alicyclic amines) is 1. The molecule has 4 nitrogen and oxygen atoms in total. The summed E-state index contributed by atoms with van der Waals surface area (Å²) in [6.45, 7) is 2.88. The number of fused-ring (bicyclic) bond motifs is 1. The van der Waals surface area contributed by atoms with Gasteiger partial charge in [-0.3, -0.25) is 9.69 Å².